The average molecular weight is 350 g/mol. The summed E-state index contributed by atoms with van der Waals surface area (Å²) in [6.07, 6.45) is 2.10. The van der Waals surface area contributed by atoms with Gasteiger partial charge in [0.15, 0.2) is 0 Å². The Bertz CT molecular complexity index is 773. The van der Waals surface area contributed by atoms with Crippen LogP contribution in [0.2, 0.25) is 0 Å². The third-order valence-corrected chi connectivity index (χ3v) is 4.91. The van der Waals surface area contributed by atoms with Crippen molar-refractivity contribution < 1.29 is 9.59 Å². The molecular formula is C22H26N2O2. The highest BCUT2D eigenvalue weighted by molar-refractivity contribution is 6.00. The molecule has 3 rings (SSSR count). The summed E-state index contributed by atoms with van der Waals surface area (Å²) in [7, 11) is 0. The number of rotatable bonds is 6. The maximum absolute atomic E-state index is 12.6. The molecule has 2 aromatic carbocycles. The van der Waals surface area contributed by atoms with Crippen molar-refractivity contribution in [3.63, 3.8) is 0 Å². The third kappa shape index (κ3) is 4.51. The first kappa shape index (κ1) is 18.2. The van der Waals surface area contributed by atoms with Crippen molar-refractivity contribution in [2.75, 3.05) is 11.4 Å². The fourth-order valence-electron chi connectivity index (χ4n) is 3.39. The monoisotopic (exact) mass is 350 g/mol. The number of nitrogens with zero attached hydrogens (tertiary/aromatic N) is 1. The molecule has 1 aliphatic rings. The molecule has 1 fully saturated rings. The van der Waals surface area contributed by atoms with Crippen LogP contribution in [0, 0.1) is 12.8 Å². The summed E-state index contributed by atoms with van der Waals surface area (Å²) in [6, 6.07) is 18.2. The summed E-state index contributed by atoms with van der Waals surface area (Å²) in [5.41, 5.74) is 3.26. The van der Waals surface area contributed by atoms with Crippen LogP contribution in [0.4, 0.5) is 5.69 Å². The lowest BCUT2D eigenvalue weighted by Gasteiger charge is -2.19. The lowest BCUT2D eigenvalue weighted by Crippen LogP contribution is -2.38. The zero-order valence-corrected chi connectivity index (χ0v) is 15.4. The van der Waals surface area contributed by atoms with Crippen molar-refractivity contribution >= 4 is 17.5 Å². The number of carbonyl (C=O) groups excluding carboxylic acids is 2. The van der Waals surface area contributed by atoms with Crippen molar-refractivity contribution in [3.05, 3.63) is 65.7 Å². The molecule has 4 nitrogen and oxygen atoms in total. The van der Waals surface area contributed by atoms with Gasteiger partial charge in [0.05, 0.1) is 5.92 Å². The molecule has 26 heavy (non-hydrogen) atoms. The summed E-state index contributed by atoms with van der Waals surface area (Å²) in [6.45, 7) is 4.48. The van der Waals surface area contributed by atoms with Crippen LogP contribution in [0.1, 0.15) is 30.9 Å². The van der Waals surface area contributed by atoms with Crippen LogP contribution in [-0.4, -0.2) is 24.4 Å². The highest BCUT2D eigenvalue weighted by atomic mass is 16.2. The van der Waals surface area contributed by atoms with Gasteiger partial charge in [0.25, 0.3) is 0 Å². The van der Waals surface area contributed by atoms with Gasteiger partial charge >= 0.3 is 0 Å². The Kier molecular flexibility index (Phi) is 5.71. The number of hydrogen-bond donors (Lipinski definition) is 1. The van der Waals surface area contributed by atoms with E-state index in [1.807, 2.05) is 56.3 Å². The van der Waals surface area contributed by atoms with Gasteiger partial charge in [0.1, 0.15) is 0 Å². The summed E-state index contributed by atoms with van der Waals surface area (Å²) in [5, 5.41) is 3.08. The summed E-state index contributed by atoms with van der Waals surface area (Å²) in [5.74, 6) is -0.274. The van der Waals surface area contributed by atoms with E-state index in [1.165, 1.54) is 5.56 Å². The fourth-order valence-corrected chi connectivity index (χ4v) is 3.39. The molecule has 2 amide bonds. The minimum absolute atomic E-state index is 0.0194. The molecule has 1 saturated heterocycles. The first-order valence-electron chi connectivity index (χ1n) is 9.24. The van der Waals surface area contributed by atoms with Crippen LogP contribution in [0.25, 0.3) is 0 Å². The van der Waals surface area contributed by atoms with Crippen LogP contribution in [0.15, 0.2) is 54.6 Å². The van der Waals surface area contributed by atoms with E-state index in [4.69, 9.17) is 0 Å². The molecule has 2 unspecified atom stereocenters. The minimum atomic E-state index is -0.276. The third-order valence-electron chi connectivity index (χ3n) is 4.91. The van der Waals surface area contributed by atoms with Gasteiger partial charge in [0.2, 0.25) is 11.8 Å². The molecule has 0 aromatic heterocycles. The van der Waals surface area contributed by atoms with Gasteiger partial charge in [0, 0.05) is 24.7 Å². The quantitative estimate of drug-likeness (QED) is 0.867. The van der Waals surface area contributed by atoms with Gasteiger partial charge in [-0.25, -0.2) is 0 Å². The normalized spacial score (nSPS) is 18.0. The van der Waals surface area contributed by atoms with Crippen LogP contribution < -0.4 is 10.2 Å². The number of benzene rings is 2. The summed E-state index contributed by atoms with van der Waals surface area (Å²) >= 11 is 0. The molecule has 0 radical (unpaired) electrons. The molecule has 2 aromatic rings. The Balaban J connectivity index is 1.53. The summed E-state index contributed by atoms with van der Waals surface area (Å²) < 4.78 is 0. The van der Waals surface area contributed by atoms with E-state index < -0.39 is 0 Å². The van der Waals surface area contributed by atoms with E-state index in [9.17, 15) is 9.59 Å². The molecule has 1 N–H and O–H groups in total. The Labute approximate surface area is 155 Å². The van der Waals surface area contributed by atoms with Gasteiger partial charge in [-0.15, -0.1) is 0 Å². The van der Waals surface area contributed by atoms with Crippen molar-refractivity contribution in [2.24, 2.45) is 5.92 Å². The maximum atomic E-state index is 12.6. The highest BCUT2D eigenvalue weighted by Crippen LogP contribution is 2.26. The van der Waals surface area contributed by atoms with Gasteiger partial charge < -0.3 is 10.2 Å². The van der Waals surface area contributed by atoms with Gasteiger partial charge in [-0.3, -0.25) is 9.59 Å². The minimum Gasteiger partial charge on any atom is -0.353 e. The average Bonchev–Trinajstić information content (AvgIpc) is 3.03. The zero-order valence-electron chi connectivity index (χ0n) is 15.4. The second-order valence-corrected chi connectivity index (χ2v) is 7.18. The smallest absolute Gasteiger partial charge is 0.227 e. The molecule has 0 saturated carbocycles. The lowest BCUT2D eigenvalue weighted by molar-refractivity contribution is -0.126. The molecular weight excluding hydrogens is 324 g/mol. The van der Waals surface area contributed by atoms with Gasteiger partial charge in [-0.05, 0) is 49.9 Å². The van der Waals surface area contributed by atoms with E-state index in [0.717, 1.165) is 24.1 Å². The second kappa shape index (κ2) is 8.17. The number of nitrogens with one attached hydrogen (secondary N) is 1. The number of carbonyl (C=O) groups is 2. The number of aryl methyl sites for hydroxylation is 2. The fraction of sp³-hybridized carbons (Fsp3) is 0.364. The lowest BCUT2D eigenvalue weighted by atomic mass is 10.0. The van der Waals surface area contributed by atoms with Crippen LogP contribution in [0.5, 0.6) is 0 Å². The van der Waals surface area contributed by atoms with Crippen LogP contribution in [-0.2, 0) is 16.0 Å². The van der Waals surface area contributed by atoms with E-state index >= 15 is 0 Å². The number of anilines is 1. The first-order valence-corrected chi connectivity index (χ1v) is 9.24. The van der Waals surface area contributed by atoms with Crippen LogP contribution in [0.3, 0.4) is 0 Å². The number of hydrogen-bond acceptors (Lipinski definition) is 2. The van der Waals surface area contributed by atoms with Gasteiger partial charge in [-0.2, -0.15) is 0 Å². The number of amides is 2. The van der Waals surface area contributed by atoms with Crippen LogP contribution >= 0.6 is 0 Å². The largest absolute Gasteiger partial charge is 0.353 e. The topological polar surface area (TPSA) is 49.4 Å². The Morgan fingerprint density at radius 2 is 1.96 bits per heavy atom. The summed E-state index contributed by atoms with van der Waals surface area (Å²) in [4.78, 5) is 26.6. The van der Waals surface area contributed by atoms with E-state index in [1.54, 1.807) is 4.90 Å². The molecule has 0 bridgehead atoms. The molecule has 1 heterocycles. The standard InChI is InChI=1S/C22H26N2O2/c1-16-7-6-10-20(13-16)24-15-19(14-21(24)25)22(26)23-17(2)11-12-18-8-4-3-5-9-18/h3-10,13,17,19H,11-12,14-15H2,1-2H3,(H,23,26). The molecule has 0 aliphatic carbocycles. The maximum Gasteiger partial charge on any atom is 0.227 e. The van der Waals surface area contributed by atoms with Gasteiger partial charge in [-0.1, -0.05) is 42.5 Å². The van der Waals surface area contributed by atoms with Crippen molar-refractivity contribution in [1.29, 1.82) is 0 Å². The van der Waals surface area contributed by atoms with Crippen molar-refractivity contribution in [2.45, 2.75) is 39.2 Å². The Hall–Kier alpha value is -2.62. The van der Waals surface area contributed by atoms with Crippen molar-refractivity contribution in [1.82, 2.24) is 5.32 Å². The highest BCUT2D eigenvalue weighted by Gasteiger charge is 2.35. The Morgan fingerprint density at radius 1 is 1.19 bits per heavy atom. The Morgan fingerprint density at radius 3 is 2.69 bits per heavy atom. The predicted molar refractivity (Wildman–Crippen MR) is 104 cm³/mol. The molecule has 0 spiro atoms. The predicted octanol–water partition coefficient (Wildman–Crippen LogP) is 3.49. The first-order chi connectivity index (χ1) is 12.5. The van der Waals surface area contributed by atoms with E-state index in [2.05, 4.69) is 17.4 Å². The molecule has 2 atom stereocenters. The van der Waals surface area contributed by atoms with Crippen molar-refractivity contribution in [3.8, 4) is 0 Å². The van der Waals surface area contributed by atoms with E-state index in [-0.39, 0.29) is 30.2 Å². The molecule has 136 valence electrons. The second-order valence-electron chi connectivity index (χ2n) is 7.18. The molecule has 1 aliphatic heterocycles. The zero-order chi connectivity index (χ0) is 18.5. The van der Waals surface area contributed by atoms with E-state index in [0.29, 0.717) is 6.54 Å². The molecule has 4 heteroatoms. The SMILES string of the molecule is Cc1cccc(N2CC(C(=O)NC(C)CCc3ccccc3)CC2=O)c1.